The van der Waals surface area contributed by atoms with Gasteiger partial charge in [-0.3, -0.25) is 0 Å². The maximum Gasteiger partial charge on any atom is 0.143 e. The standard InChI is InChI=1S/C49H29N3O/c50-30-31-19-23-35(24-20-31)51-44-16-4-1-11-38(44)42-28-32(21-25-46(42)51)33-22-26-47-43(29-33)39-12-2-5-17-45(39)52(47)36-10-7-9-34(27-36)37-14-8-15-41-40-13-3-6-18-48(40)53-49(37)41/h1-29H. The maximum atomic E-state index is 9.37. The molecule has 0 aliphatic carbocycles. The van der Waals surface area contributed by atoms with Crippen molar-refractivity contribution in [1.82, 2.24) is 9.13 Å². The van der Waals surface area contributed by atoms with E-state index in [2.05, 4.69) is 155 Å². The van der Waals surface area contributed by atoms with E-state index in [1.54, 1.807) is 0 Å². The van der Waals surface area contributed by atoms with Crippen molar-refractivity contribution < 1.29 is 4.42 Å². The first-order valence-corrected chi connectivity index (χ1v) is 17.8. The molecule has 0 saturated heterocycles. The summed E-state index contributed by atoms with van der Waals surface area (Å²) in [7, 11) is 0. The number of rotatable bonds is 4. The Morgan fingerprint density at radius 2 is 0.962 bits per heavy atom. The predicted octanol–water partition coefficient (Wildman–Crippen LogP) is 13.0. The van der Waals surface area contributed by atoms with Gasteiger partial charge in [-0.1, -0.05) is 97.1 Å². The summed E-state index contributed by atoms with van der Waals surface area (Å²) in [6, 6.07) is 64.4. The maximum absolute atomic E-state index is 9.37. The molecule has 4 nitrogen and oxygen atoms in total. The SMILES string of the molecule is N#Cc1ccc(-n2c3ccccc3c3cc(-c4ccc5c(c4)c4ccccc4n5-c4cccc(-c5cccc6c5oc5ccccc56)c4)ccc32)cc1. The minimum Gasteiger partial charge on any atom is -0.455 e. The average Bonchev–Trinajstić information content (AvgIpc) is 3.88. The zero-order chi connectivity index (χ0) is 35.0. The number of fused-ring (bicyclic) bond motifs is 9. The normalized spacial score (nSPS) is 11.8. The van der Waals surface area contributed by atoms with Gasteiger partial charge < -0.3 is 13.6 Å². The first-order chi connectivity index (χ1) is 26.2. The summed E-state index contributed by atoms with van der Waals surface area (Å²) >= 11 is 0. The van der Waals surface area contributed by atoms with Crippen molar-refractivity contribution in [1.29, 1.82) is 5.26 Å². The Balaban J connectivity index is 1.06. The first-order valence-electron chi connectivity index (χ1n) is 17.8. The number of aromatic nitrogens is 2. The van der Waals surface area contributed by atoms with E-state index < -0.39 is 0 Å². The molecule has 53 heavy (non-hydrogen) atoms. The van der Waals surface area contributed by atoms with Crippen LogP contribution in [-0.4, -0.2) is 9.13 Å². The molecule has 0 aliphatic heterocycles. The molecule has 0 spiro atoms. The van der Waals surface area contributed by atoms with Crippen LogP contribution in [0.25, 0.3) is 99.2 Å². The fourth-order valence-corrected chi connectivity index (χ4v) is 8.33. The molecule has 11 rings (SSSR count). The second-order valence-electron chi connectivity index (χ2n) is 13.7. The molecular weight excluding hydrogens is 647 g/mol. The highest BCUT2D eigenvalue weighted by Gasteiger charge is 2.17. The van der Waals surface area contributed by atoms with Crippen LogP contribution in [0.5, 0.6) is 0 Å². The van der Waals surface area contributed by atoms with Crippen molar-refractivity contribution in [2.75, 3.05) is 0 Å². The van der Waals surface area contributed by atoms with Gasteiger partial charge in [0.05, 0.1) is 33.7 Å². The average molecular weight is 676 g/mol. The summed E-state index contributed by atoms with van der Waals surface area (Å²) in [6.07, 6.45) is 0. The minimum absolute atomic E-state index is 0.654. The highest BCUT2D eigenvalue weighted by atomic mass is 16.3. The molecule has 3 aromatic heterocycles. The number of nitrogens with zero attached hydrogens (tertiary/aromatic N) is 3. The quantitative estimate of drug-likeness (QED) is 0.186. The van der Waals surface area contributed by atoms with Gasteiger partial charge in [-0.2, -0.15) is 5.26 Å². The number of hydrogen-bond acceptors (Lipinski definition) is 2. The van der Waals surface area contributed by atoms with Crippen molar-refractivity contribution in [3.05, 3.63) is 181 Å². The van der Waals surface area contributed by atoms with Crippen LogP contribution >= 0.6 is 0 Å². The molecule has 0 atom stereocenters. The molecule has 0 saturated carbocycles. The smallest absolute Gasteiger partial charge is 0.143 e. The van der Waals surface area contributed by atoms with Crippen LogP contribution in [0.15, 0.2) is 180 Å². The van der Waals surface area contributed by atoms with Crippen molar-refractivity contribution in [2.45, 2.75) is 0 Å². The lowest BCUT2D eigenvalue weighted by Gasteiger charge is -2.11. The van der Waals surface area contributed by atoms with Gasteiger partial charge in [-0.15, -0.1) is 0 Å². The largest absolute Gasteiger partial charge is 0.455 e. The molecule has 246 valence electrons. The number of nitriles is 1. The lowest BCUT2D eigenvalue weighted by molar-refractivity contribution is 0.670. The van der Waals surface area contributed by atoms with Gasteiger partial charge in [0, 0.05) is 49.3 Å². The van der Waals surface area contributed by atoms with Crippen LogP contribution in [0.3, 0.4) is 0 Å². The number of furan rings is 1. The molecule has 0 N–H and O–H groups in total. The summed E-state index contributed by atoms with van der Waals surface area (Å²) in [4.78, 5) is 0. The molecule has 0 unspecified atom stereocenters. The molecule has 4 heteroatoms. The Morgan fingerprint density at radius 3 is 1.64 bits per heavy atom. The third-order valence-corrected chi connectivity index (χ3v) is 10.8. The van der Waals surface area contributed by atoms with E-state index in [1.807, 2.05) is 36.4 Å². The molecule has 3 heterocycles. The van der Waals surface area contributed by atoms with Gasteiger partial charge in [-0.05, 0) is 95.6 Å². The van der Waals surface area contributed by atoms with Crippen LogP contribution in [0.4, 0.5) is 0 Å². The molecular formula is C49H29N3O. The predicted molar refractivity (Wildman–Crippen MR) is 218 cm³/mol. The first kappa shape index (κ1) is 29.4. The van der Waals surface area contributed by atoms with Crippen LogP contribution in [-0.2, 0) is 0 Å². The third kappa shape index (κ3) is 4.41. The third-order valence-electron chi connectivity index (χ3n) is 10.8. The van der Waals surface area contributed by atoms with E-state index >= 15 is 0 Å². The molecule has 8 aromatic carbocycles. The van der Waals surface area contributed by atoms with Gasteiger partial charge in [0.2, 0.25) is 0 Å². The lowest BCUT2D eigenvalue weighted by atomic mass is 10.0. The fourth-order valence-electron chi connectivity index (χ4n) is 8.33. The molecule has 11 aromatic rings. The molecule has 0 amide bonds. The van der Waals surface area contributed by atoms with E-state index in [0.29, 0.717) is 5.56 Å². The summed E-state index contributed by atoms with van der Waals surface area (Å²) in [5, 5.41) is 16.5. The van der Waals surface area contributed by atoms with E-state index in [1.165, 1.54) is 38.2 Å². The monoisotopic (exact) mass is 675 g/mol. The van der Waals surface area contributed by atoms with Crippen molar-refractivity contribution in [3.8, 4) is 39.7 Å². The van der Waals surface area contributed by atoms with Crippen molar-refractivity contribution in [3.63, 3.8) is 0 Å². The van der Waals surface area contributed by atoms with E-state index in [-0.39, 0.29) is 0 Å². The Kier molecular flexibility index (Phi) is 6.28. The van der Waals surface area contributed by atoms with Gasteiger partial charge in [0.1, 0.15) is 11.2 Å². The van der Waals surface area contributed by atoms with E-state index in [4.69, 9.17) is 4.42 Å². The summed E-state index contributed by atoms with van der Waals surface area (Å²) in [5.41, 5.74) is 13.7. The van der Waals surface area contributed by atoms with E-state index in [0.717, 1.165) is 61.0 Å². The second kappa shape index (κ2) is 11.3. The van der Waals surface area contributed by atoms with Crippen molar-refractivity contribution >= 4 is 65.6 Å². The highest BCUT2D eigenvalue weighted by molar-refractivity contribution is 6.13. The fraction of sp³-hybridized carbons (Fsp3) is 0. The number of benzene rings is 8. The minimum atomic E-state index is 0.654. The van der Waals surface area contributed by atoms with Gasteiger partial charge in [-0.25, -0.2) is 0 Å². The van der Waals surface area contributed by atoms with Gasteiger partial charge in [0.25, 0.3) is 0 Å². The molecule has 0 radical (unpaired) electrons. The van der Waals surface area contributed by atoms with Gasteiger partial charge in [0.15, 0.2) is 0 Å². The number of hydrogen-bond donors (Lipinski definition) is 0. The molecule has 0 fully saturated rings. The second-order valence-corrected chi connectivity index (χ2v) is 13.7. The molecule has 0 bridgehead atoms. The van der Waals surface area contributed by atoms with Crippen LogP contribution in [0.2, 0.25) is 0 Å². The van der Waals surface area contributed by atoms with Crippen molar-refractivity contribution in [2.24, 2.45) is 0 Å². The lowest BCUT2D eigenvalue weighted by Crippen LogP contribution is -1.94. The zero-order valence-corrected chi connectivity index (χ0v) is 28.5. The summed E-state index contributed by atoms with van der Waals surface area (Å²) in [6.45, 7) is 0. The van der Waals surface area contributed by atoms with Crippen LogP contribution in [0, 0.1) is 11.3 Å². The summed E-state index contributed by atoms with van der Waals surface area (Å²) < 4.78 is 11.1. The van der Waals surface area contributed by atoms with Crippen LogP contribution < -0.4 is 0 Å². The zero-order valence-electron chi connectivity index (χ0n) is 28.5. The van der Waals surface area contributed by atoms with Gasteiger partial charge >= 0.3 is 0 Å². The Hall–Kier alpha value is -7.35. The Bertz CT molecular complexity index is 3300. The number of para-hydroxylation sites is 4. The Labute approximate surface area is 304 Å². The highest BCUT2D eigenvalue weighted by Crippen LogP contribution is 2.40. The Morgan fingerprint density at radius 1 is 0.396 bits per heavy atom. The molecule has 0 aliphatic rings. The van der Waals surface area contributed by atoms with Crippen LogP contribution in [0.1, 0.15) is 5.56 Å². The topological polar surface area (TPSA) is 46.8 Å². The summed E-state index contributed by atoms with van der Waals surface area (Å²) in [5.74, 6) is 0. The van der Waals surface area contributed by atoms with E-state index in [9.17, 15) is 5.26 Å².